The van der Waals surface area contributed by atoms with Gasteiger partial charge in [-0.25, -0.2) is 0 Å². The van der Waals surface area contributed by atoms with Gasteiger partial charge in [-0.2, -0.15) is 0 Å². The lowest BCUT2D eigenvalue weighted by atomic mass is 10.2. The zero-order chi connectivity index (χ0) is 10.7. The van der Waals surface area contributed by atoms with Crippen LogP contribution in [0.1, 0.15) is 5.56 Å². The van der Waals surface area contributed by atoms with Crippen LogP contribution in [0.25, 0.3) is 0 Å². The highest BCUT2D eigenvalue weighted by Gasteiger charge is 2.16. The summed E-state index contributed by atoms with van der Waals surface area (Å²) in [6, 6.07) is 3.08. The van der Waals surface area contributed by atoms with E-state index in [-0.39, 0.29) is 5.69 Å². The molecule has 0 amide bonds. The van der Waals surface area contributed by atoms with Gasteiger partial charge in [0.25, 0.3) is 5.69 Å². The summed E-state index contributed by atoms with van der Waals surface area (Å²) in [6.45, 7) is 0. The zero-order valence-electron chi connectivity index (χ0n) is 7.29. The predicted octanol–water partition coefficient (Wildman–Crippen LogP) is 3.26. The van der Waals surface area contributed by atoms with Crippen LogP contribution < -0.4 is 4.74 Å². The van der Waals surface area contributed by atoms with Crippen LogP contribution in [0.4, 0.5) is 5.69 Å². The number of nitro benzene ring substituents is 1. The van der Waals surface area contributed by atoms with E-state index in [1.165, 1.54) is 13.2 Å². The molecule has 4 nitrogen and oxygen atoms in total. The third-order valence-electron chi connectivity index (χ3n) is 1.69. The van der Waals surface area contributed by atoms with Crippen molar-refractivity contribution in [2.75, 3.05) is 7.11 Å². The molecule has 6 heteroatoms. The quantitative estimate of drug-likeness (QED) is 0.487. The van der Waals surface area contributed by atoms with Gasteiger partial charge >= 0.3 is 0 Å². The van der Waals surface area contributed by atoms with Crippen LogP contribution in [0.3, 0.4) is 0 Å². The molecule has 76 valence electrons. The summed E-state index contributed by atoms with van der Waals surface area (Å²) in [7, 11) is 1.52. The molecule has 0 spiro atoms. The molecule has 1 aromatic carbocycles. The fourth-order valence-corrected chi connectivity index (χ4v) is 1.96. The van der Waals surface area contributed by atoms with E-state index < -0.39 is 4.92 Å². The van der Waals surface area contributed by atoms with Gasteiger partial charge in [0, 0.05) is 17.0 Å². The van der Waals surface area contributed by atoms with Gasteiger partial charge in [-0.15, -0.1) is 0 Å². The molecule has 0 heterocycles. The number of alkyl halides is 1. The summed E-state index contributed by atoms with van der Waals surface area (Å²) in [5.41, 5.74) is 0.671. The molecule has 0 bridgehead atoms. The molecule has 0 saturated carbocycles. The topological polar surface area (TPSA) is 52.4 Å². The maximum absolute atomic E-state index is 10.7. The number of nitrogens with zero attached hydrogens (tertiary/aromatic N) is 1. The van der Waals surface area contributed by atoms with Gasteiger partial charge in [-0.1, -0.05) is 15.9 Å². The second-order valence-electron chi connectivity index (χ2n) is 2.51. The van der Waals surface area contributed by atoms with E-state index in [0.717, 1.165) is 0 Å². The first kappa shape index (κ1) is 11.5. The Labute approximate surface area is 97.7 Å². The molecule has 14 heavy (non-hydrogen) atoms. The second kappa shape index (κ2) is 4.75. The first-order valence-corrected chi connectivity index (χ1v) is 5.58. The summed E-state index contributed by atoms with van der Waals surface area (Å²) in [4.78, 5) is 10.2. The van der Waals surface area contributed by atoms with Crippen molar-refractivity contribution in [1.82, 2.24) is 0 Å². The van der Waals surface area contributed by atoms with Gasteiger partial charge in [-0.3, -0.25) is 10.1 Å². The molecule has 1 aromatic rings. The van der Waals surface area contributed by atoms with Gasteiger partial charge in [0.2, 0.25) is 0 Å². The van der Waals surface area contributed by atoms with Crippen LogP contribution in [0.5, 0.6) is 5.75 Å². The van der Waals surface area contributed by atoms with Crippen molar-refractivity contribution < 1.29 is 9.66 Å². The first-order chi connectivity index (χ1) is 6.60. The van der Waals surface area contributed by atoms with Crippen molar-refractivity contribution in [3.8, 4) is 5.75 Å². The molecule has 0 aromatic heterocycles. The van der Waals surface area contributed by atoms with Crippen molar-refractivity contribution in [3.05, 3.63) is 32.3 Å². The van der Waals surface area contributed by atoms with Crippen LogP contribution in [0, 0.1) is 10.1 Å². The van der Waals surface area contributed by atoms with Crippen LogP contribution in [-0.2, 0) is 5.33 Å². The molecule has 0 aliphatic rings. The van der Waals surface area contributed by atoms with E-state index >= 15 is 0 Å². The Morgan fingerprint density at radius 2 is 2.21 bits per heavy atom. The Bertz CT molecular complexity index is 368. The Hall–Kier alpha value is -0.620. The van der Waals surface area contributed by atoms with E-state index in [1.54, 1.807) is 6.07 Å². The molecule has 0 aliphatic carbocycles. The number of hydrogen-bond acceptors (Lipinski definition) is 3. The van der Waals surface area contributed by atoms with Crippen molar-refractivity contribution >= 4 is 37.5 Å². The lowest BCUT2D eigenvalue weighted by molar-refractivity contribution is -0.385. The predicted molar refractivity (Wildman–Crippen MR) is 60.0 cm³/mol. The highest BCUT2D eigenvalue weighted by atomic mass is 79.9. The van der Waals surface area contributed by atoms with E-state index in [0.29, 0.717) is 21.1 Å². The fraction of sp³-hybridized carbons (Fsp3) is 0.250. The van der Waals surface area contributed by atoms with Gasteiger partial charge in [-0.05, 0) is 22.0 Å². The van der Waals surface area contributed by atoms with Crippen molar-refractivity contribution in [2.24, 2.45) is 0 Å². The number of ether oxygens (including phenoxy) is 1. The lowest BCUT2D eigenvalue weighted by Crippen LogP contribution is -1.95. The Morgan fingerprint density at radius 3 is 2.64 bits per heavy atom. The van der Waals surface area contributed by atoms with Crippen LogP contribution in [0.2, 0.25) is 0 Å². The normalized spacial score (nSPS) is 9.93. The largest absolute Gasteiger partial charge is 0.496 e. The average Bonchev–Trinajstić information content (AvgIpc) is 2.17. The monoisotopic (exact) mass is 323 g/mol. The Morgan fingerprint density at radius 1 is 1.57 bits per heavy atom. The van der Waals surface area contributed by atoms with Gasteiger partial charge in [0.05, 0.1) is 16.5 Å². The highest BCUT2D eigenvalue weighted by Crippen LogP contribution is 2.33. The molecule has 0 radical (unpaired) electrons. The molecule has 0 unspecified atom stereocenters. The third-order valence-corrected chi connectivity index (χ3v) is 2.92. The molecule has 0 aliphatic heterocycles. The minimum absolute atomic E-state index is 0.0783. The molecule has 0 atom stereocenters. The molecule has 1 rings (SSSR count). The van der Waals surface area contributed by atoms with Crippen LogP contribution in [0.15, 0.2) is 16.6 Å². The number of hydrogen-bond donors (Lipinski definition) is 0. The first-order valence-electron chi connectivity index (χ1n) is 3.67. The molecule has 0 fully saturated rings. The van der Waals surface area contributed by atoms with E-state index in [1.807, 2.05) is 0 Å². The lowest BCUT2D eigenvalue weighted by Gasteiger charge is -2.05. The van der Waals surface area contributed by atoms with Crippen molar-refractivity contribution in [1.29, 1.82) is 0 Å². The SMILES string of the molecule is COc1cc(CBr)c([N+](=O)[O-])cc1Br. The molecular weight excluding hydrogens is 318 g/mol. The molecule has 0 N–H and O–H groups in total. The highest BCUT2D eigenvalue weighted by molar-refractivity contribution is 9.10. The van der Waals surface area contributed by atoms with Gasteiger partial charge in [0.15, 0.2) is 0 Å². The summed E-state index contributed by atoms with van der Waals surface area (Å²) < 4.78 is 5.61. The van der Waals surface area contributed by atoms with Crippen LogP contribution in [-0.4, -0.2) is 12.0 Å². The average molecular weight is 325 g/mol. The molecular formula is C8H7Br2NO3. The minimum Gasteiger partial charge on any atom is -0.496 e. The van der Waals surface area contributed by atoms with E-state index in [9.17, 15) is 10.1 Å². The molecule has 0 saturated heterocycles. The summed E-state index contributed by atoms with van der Waals surface area (Å²) in [5.74, 6) is 0.588. The third kappa shape index (κ3) is 2.24. The number of halogens is 2. The van der Waals surface area contributed by atoms with Gasteiger partial charge < -0.3 is 4.74 Å². The van der Waals surface area contributed by atoms with Crippen molar-refractivity contribution in [3.63, 3.8) is 0 Å². The standard InChI is InChI=1S/C8H7Br2NO3/c1-14-8-2-5(4-9)7(11(12)13)3-6(8)10/h2-3H,4H2,1H3. The number of rotatable bonds is 3. The summed E-state index contributed by atoms with van der Waals surface area (Å²) in [6.07, 6.45) is 0. The Kier molecular flexibility index (Phi) is 3.88. The fourth-order valence-electron chi connectivity index (χ4n) is 1.02. The maximum Gasteiger partial charge on any atom is 0.274 e. The number of nitro groups is 1. The van der Waals surface area contributed by atoms with Crippen molar-refractivity contribution in [2.45, 2.75) is 5.33 Å². The number of benzene rings is 1. The second-order valence-corrected chi connectivity index (χ2v) is 3.92. The van der Waals surface area contributed by atoms with E-state index in [2.05, 4.69) is 31.9 Å². The zero-order valence-corrected chi connectivity index (χ0v) is 10.5. The summed E-state index contributed by atoms with van der Waals surface area (Å²) >= 11 is 6.38. The minimum atomic E-state index is -0.416. The van der Waals surface area contributed by atoms with Gasteiger partial charge in [0.1, 0.15) is 5.75 Å². The number of methoxy groups -OCH3 is 1. The Balaban J connectivity index is 3.31. The maximum atomic E-state index is 10.7. The summed E-state index contributed by atoms with van der Waals surface area (Å²) in [5, 5.41) is 11.1. The smallest absolute Gasteiger partial charge is 0.274 e. The van der Waals surface area contributed by atoms with Crippen LogP contribution >= 0.6 is 31.9 Å². The van der Waals surface area contributed by atoms with E-state index in [4.69, 9.17) is 4.74 Å².